The van der Waals surface area contributed by atoms with Gasteiger partial charge in [-0.25, -0.2) is 4.68 Å². The predicted molar refractivity (Wildman–Crippen MR) is 112 cm³/mol. The molecule has 0 unspecified atom stereocenters. The van der Waals surface area contributed by atoms with E-state index in [2.05, 4.69) is 10.4 Å². The summed E-state index contributed by atoms with van der Waals surface area (Å²) in [6.07, 6.45) is -7.21. The van der Waals surface area contributed by atoms with E-state index in [0.717, 1.165) is 47.3 Å². The predicted octanol–water partition coefficient (Wildman–Crippen LogP) is 6.76. The third-order valence-corrected chi connectivity index (χ3v) is 5.07. The van der Waals surface area contributed by atoms with Gasteiger partial charge in [0.2, 0.25) is 0 Å². The molecule has 34 heavy (non-hydrogen) atoms. The fourth-order valence-electron chi connectivity index (χ4n) is 2.73. The normalized spacial score (nSPS) is 12.4. The lowest BCUT2D eigenvalue weighted by Gasteiger charge is -2.11. The first-order valence-electron chi connectivity index (χ1n) is 9.02. The van der Waals surface area contributed by atoms with Gasteiger partial charge in [0.25, 0.3) is 5.91 Å². The number of hydrogen-bond donors (Lipinski definition) is 1. The third kappa shape index (κ3) is 5.52. The molecule has 2 aromatic carbocycles. The quantitative estimate of drug-likeness (QED) is 0.235. The van der Waals surface area contributed by atoms with E-state index in [1.54, 1.807) is 6.07 Å². The first-order valence-corrected chi connectivity index (χ1v) is 9.78. The van der Waals surface area contributed by atoms with Crippen molar-refractivity contribution in [3.63, 3.8) is 0 Å². The molecule has 3 rings (SSSR count). The Hall–Kier alpha value is -3.49. The van der Waals surface area contributed by atoms with E-state index in [1.807, 2.05) is 0 Å². The topological polar surface area (TPSA) is 70.7 Å². The van der Waals surface area contributed by atoms with Crippen LogP contribution in [0.2, 0.25) is 10.2 Å². The Balaban J connectivity index is 1.91. The maximum Gasteiger partial charge on any atom is 0.416 e. The van der Waals surface area contributed by atoms with Gasteiger partial charge < -0.3 is 5.32 Å². The van der Waals surface area contributed by atoms with E-state index in [1.165, 1.54) is 6.07 Å². The summed E-state index contributed by atoms with van der Waals surface area (Å²) in [6, 6.07) is 7.98. The van der Waals surface area contributed by atoms with Gasteiger partial charge >= 0.3 is 12.4 Å². The highest BCUT2D eigenvalue weighted by Crippen LogP contribution is 2.34. The van der Waals surface area contributed by atoms with Crippen LogP contribution in [0.15, 0.2) is 54.2 Å². The van der Waals surface area contributed by atoms with Crippen LogP contribution in [-0.2, 0) is 17.1 Å². The second kappa shape index (κ2) is 9.40. The molecular weight excluding hydrogens is 509 g/mol. The average Bonchev–Trinajstić information content (AvgIpc) is 3.12. The molecular formula is C21H10Cl2F6N4O. The number of halogens is 8. The minimum atomic E-state index is -4.69. The molecule has 1 amide bonds. The Morgan fingerprint density at radius 2 is 1.68 bits per heavy atom. The number of carbonyl (C=O) groups is 1. The monoisotopic (exact) mass is 518 g/mol. The number of nitrogens with one attached hydrogen (secondary N) is 1. The van der Waals surface area contributed by atoms with E-state index >= 15 is 0 Å². The van der Waals surface area contributed by atoms with Crippen molar-refractivity contribution in [2.75, 3.05) is 5.32 Å². The molecule has 1 N–H and O–H groups in total. The maximum atomic E-state index is 13.0. The van der Waals surface area contributed by atoms with Gasteiger partial charge in [-0.05, 0) is 42.5 Å². The number of benzene rings is 2. The summed E-state index contributed by atoms with van der Waals surface area (Å²) in [6.45, 7) is 0. The fourth-order valence-corrected chi connectivity index (χ4v) is 3.14. The summed E-state index contributed by atoms with van der Waals surface area (Å²) >= 11 is 12.0. The van der Waals surface area contributed by atoms with Crippen molar-refractivity contribution in [2.24, 2.45) is 0 Å². The molecule has 1 aromatic heterocycles. The molecule has 1 heterocycles. The van der Waals surface area contributed by atoms with Gasteiger partial charge in [0.1, 0.15) is 16.8 Å². The zero-order chi connectivity index (χ0) is 25.3. The first kappa shape index (κ1) is 25.1. The lowest BCUT2D eigenvalue weighted by atomic mass is 10.1. The first-order chi connectivity index (χ1) is 15.8. The molecule has 5 nitrogen and oxygen atoms in total. The molecule has 0 saturated heterocycles. The number of rotatable bonds is 4. The van der Waals surface area contributed by atoms with Gasteiger partial charge in [-0.3, -0.25) is 4.79 Å². The van der Waals surface area contributed by atoms with Crippen LogP contribution < -0.4 is 5.32 Å². The second-order valence-corrected chi connectivity index (χ2v) is 7.43. The lowest BCUT2D eigenvalue weighted by molar-refractivity contribution is -0.138. The summed E-state index contributed by atoms with van der Waals surface area (Å²) in [4.78, 5) is 12.5. The molecule has 0 radical (unpaired) electrons. The van der Waals surface area contributed by atoms with Crippen LogP contribution in [0.4, 0.5) is 32.0 Å². The third-order valence-electron chi connectivity index (χ3n) is 4.36. The largest absolute Gasteiger partial charge is 0.416 e. The van der Waals surface area contributed by atoms with Crippen molar-refractivity contribution in [3.8, 4) is 11.8 Å². The van der Waals surface area contributed by atoms with Crippen LogP contribution in [0.25, 0.3) is 11.8 Å². The van der Waals surface area contributed by atoms with E-state index in [0.29, 0.717) is 6.07 Å². The Morgan fingerprint density at radius 3 is 2.29 bits per heavy atom. The Labute approximate surface area is 197 Å². The number of nitrogens with zero attached hydrogens (tertiary/aromatic N) is 3. The molecule has 0 atom stereocenters. The number of carbonyl (C=O) groups excluding carboxylic acids is 1. The Morgan fingerprint density at radius 1 is 1.03 bits per heavy atom. The summed E-state index contributed by atoms with van der Waals surface area (Å²) in [7, 11) is 0. The minimum Gasteiger partial charge on any atom is -0.320 e. The van der Waals surface area contributed by atoms with Crippen molar-refractivity contribution < 1.29 is 31.1 Å². The SMILES string of the molecule is N#C/C(=C\c1cnn(-c2cccc(C(F)(F)F)c2)c1Cl)C(=O)Nc1cc(C(F)(F)F)ccc1Cl. The molecule has 0 aliphatic carbocycles. The van der Waals surface area contributed by atoms with Gasteiger partial charge in [0.15, 0.2) is 0 Å². The van der Waals surface area contributed by atoms with Gasteiger partial charge in [-0.15, -0.1) is 0 Å². The Bertz CT molecular complexity index is 1320. The molecule has 0 saturated carbocycles. The van der Waals surface area contributed by atoms with Gasteiger partial charge in [0, 0.05) is 5.56 Å². The summed E-state index contributed by atoms with van der Waals surface area (Å²) < 4.78 is 78.6. The molecule has 0 bridgehead atoms. The zero-order valence-electron chi connectivity index (χ0n) is 16.5. The zero-order valence-corrected chi connectivity index (χ0v) is 18.0. The van der Waals surface area contributed by atoms with Crippen LogP contribution in [0.1, 0.15) is 16.7 Å². The number of hydrogen-bond acceptors (Lipinski definition) is 3. The van der Waals surface area contributed by atoms with E-state index in [4.69, 9.17) is 23.2 Å². The van der Waals surface area contributed by atoms with Gasteiger partial charge in [-0.1, -0.05) is 29.3 Å². The summed E-state index contributed by atoms with van der Waals surface area (Å²) in [5, 5.41) is 14.9. The number of nitriles is 1. The number of alkyl halides is 6. The number of aromatic nitrogens is 2. The van der Waals surface area contributed by atoms with Crippen molar-refractivity contribution >= 4 is 40.9 Å². The summed E-state index contributed by atoms with van der Waals surface area (Å²) in [5.41, 5.74) is -2.99. The van der Waals surface area contributed by atoms with Gasteiger partial charge in [-0.2, -0.15) is 36.7 Å². The summed E-state index contributed by atoms with van der Waals surface area (Å²) in [5.74, 6) is -1.09. The van der Waals surface area contributed by atoms with E-state index in [9.17, 15) is 36.4 Å². The standard InChI is InChI=1S/C21H10Cl2F6N4O/c22-16-5-4-14(21(27,28)29)8-17(16)32-19(34)11(9-30)6-12-10-31-33(18(12)23)15-3-1-2-13(7-15)20(24,25)26/h1-8,10H,(H,32,34)/b11-6+. The number of amides is 1. The smallest absolute Gasteiger partial charge is 0.320 e. The molecule has 0 aliphatic rings. The highest BCUT2D eigenvalue weighted by atomic mass is 35.5. The fraction of sp³-hybridized carbons (Fsp3) is 0.0952. The molecule has 3 aromatic rings. The molecule has 0 fully saturated rings. The molecule has 176 valence electrons. The van der Waals surface area contributed by atoms with Crippen LogP contribution >= 0.6 is 23.2 Å². The van der Waals surface area contributed by atoms with Crippen LogP contribution in [-0.4, -0.2) is 15.7 Å². The van der Waals surface area contributed by atoms with Crippen molar-refractivity contribution in [3.05, 3.63) is 81.1 Å². The second-order valence-electron chi connectivity index (χ2n) is 6.67. The lowest BCUT2D eigenvalue weighted by Crippen LogP contribution is -2.15. The van der Waals surface area contributed by atoms with Crippen molar-refractivity contribution in [2.45, 2.75) is 12.4 Å². The maximum absolute atomic E-state index is 13.0. The number of anilines is 1. The highest BCUT2D eigenvalue weighted by Gasteiger charge is 2.32. The van der Waals surface area contributed by atoms with Crippen LogP contribution in [0.5, 0.6) is 0 Å². The van der Waals surface area contributed by atoms with Crippen LogP contribution in [0, 0.1) is 11.3 Å². The highest BCUT2D eigenvalue weighted by molar-refractivity contribution is 6.34. The molecule has 0 aliphatic heterocycles. The Kier molecular flexibility index (Phi) is 6.95. The molecule has 13 heteroatoms. The van der Waals surface area contributed by atoms with E-state index < -0.39 is 35.0 Å². The van der Waals surface area contributed by atoms with Gasteiger partial charge in [0.05, 0.1) is 33.7 Å². The molecule has 0 spiro atoms. The van der Waals surface area contributed by atoms with Crippen molar-refractivity contribution in [1.29, 1.82) is 5.26 Å². The average molecular weight is 519 g/mol. The minimum absolute atomic E-state index is 0.000850. The van der Waals surface area contributed by atoms with Crippen LogP contribution in [0.3, 0.4) is 0 Å². The van der Waals surface area contributed by atoms with Crippen molar-refractivity contribution in [1.82, 2.24) is 9.78 Å². The van der Waals surface area contributed by atoms with E-state index in [-0.39, 0.29) is 27.1 Å².